The Kier molecular flexibility index (Phi) is 5.81. The highest BCUT2D eigenvalue weighted by molar-refractivity contribution is 14.1. The quantitative estimate of drug-likeness (QED) is 0.540. The van der Waals surface area contributed by atoms with Crippen LogP contribution in [0.15, 0.2) is 18.2 Å². The van der Waals surface area contributed by atoms with E-state index in [4.69, 9.17) is 0 Å². The smallest absolute Gasteiger partial charge is 0.387 e. The fourth-order valence-electron chi connectivity index (χ4n) is 1.16. The Morgan fingerprint density at radius 3 is 2.67 bits per heavy atom. The number of ether oxygens (including phenoxy) is 1. The molecule has 0 saturated heterocycles. The summed E-state index contributed by atoms with van der Waals surface area (Å²) >= 11 is 5.48. The number of hydrogen-bond donors (Lipinski definition) is 0. The van der Waals surface area contributed by atoms with Crippen LogP contribution in [-0.2, 0) is 6.42 Å². The minimum Gasteiger partial charge on any atom is -0.435 e. The zero-order valence-corrected chi connectivity index (χ0v) is 11.6. The molecule has 0 bridgehead atoms. The van der Waals surface area contributed by atoms with Crippen molar-refractivity contribution in [2.45, 2.75) is 19.5 Å². The second-order valence-corrected chi connectivity index (χ2v) is 4.88. The minimum atomic E-state index is -2.76. The molecule has 0 aliphatic heterocycles. The molecule has 0 amide bonds. The Morgan fingerprint density at radius 1 is 1.40 bits per heavy atom. The summed E-state index contributed by atoms with van der Waals surface area (Å²) in [6.45, 7) is -2.76. The van der Waals surface area contributed by atoms with Gasteiger partial charge in [0.25, 0.3) is 0 Å². The van der Waals surface area contributed by atoms with Crippen molar-refractivity contribution >= 4 is 38.5 Å². The highest BCUT2D eigenvalue weighted by atomic mass is 127. The van der Waals surface area contributed by atoms with E-state index in [1.54, 1.807) is 12.1 Å². The van der Waals surface area contributed by atoms with E-state index in [1.165, 1.54) is 0 Å². The van der Waals surface area contributed by atoms with Gasteiger partial charge in [0.05, 0.1) is 0 Å². The Balaban J connectivity index is 2.69. The van der Waals surface area contributed by atoms with Crippen molar-refractivity contribution in [3.63, 3.8) is 0 Å². The van der Waals surface area contributed by atoms with Crippen molar-refractivity contribution in [2.24, 2.45) is 0 Å². The fourth-order valence-corrected chi connectivity index (χ4v) is 2.20. The first kappa shape index (κ1) is 13.2. The highest BCUT2D eigenvalue weighted by Gasteiger charge is 2.06. The summed E-state index contributed by atoms with van der Waals surface area (Å²) in [5.41, 5.74) is 1.16. The number of rotatable bonds is 5. The second kappa shape index (κ2) is 6.62. The van der Waals surface area contributed by atoms with Gasteiger partial charge in [-0.3, -0.25) is 0 Å². The van der Waals surface area contributed by atoms with Crippen LogP contribution < -0.4 is 4.74 Å². The van der Waals surface area contributed by atoms with Gasteiger partial charge in [-0.25, -0.2) is 0 Å². The number of aryl methyl sites for hydroxylation is 1. The molecule has 15 heavy (non-hydrogen) atoms. The predicted molar refractivity (Wildman–Crippen MR) is 67.9 cm³/mol. The Bertz CT molecular complexity index is 320. The van der Waals surface area contributed by atoms with Crippen LogP contribution in [0.5, 0.6) is 5.75 Å². The van der Waals surface area contributed by atoms with Crippen LogP contribution in [0.25, 0.3) is 0 Å². The summed E-state index contributed by atoms with van der Waals surface area (Å²) in [7, 11) is 0. The SMILES string of the molecule is FC(F)Oc1ccc(CCCBr)c(I)c1. The van der Waals surface area contributed by atoms with Gasteiger partial charge >= 0.3 is 6.61 Å². The lowest BCUT2D eigenvalue weighted by molar-refractivity contribution is -0.0498. The summed E-state index contributed by atoms with van der Waals surface area (Å²) in [6.07, 6.45) is 1.98. The molecule has 1 aromatic rings. The van der Waals surface area contributed by atoms with E-state index in [1.807, 2.05) is 6.07 Å². The molecule has 0 aromatic heterocycles. The molecule has 0 heterocycles. The summed E-state index contributed by atoms with van der Waals surface area (Å²) in [6, 6.07) is 5.05. The predicted octanol–water partition coefficient (Wildman–Crippen LogP) is 4.22. The third-order valence-electron chi connectivity index (χ3n) is 1.83. The molecular formula is C10H10BrF2IO. The Hall–Kier alpha value is 0.0900. The Morgan fingerprint density at radius 2 is 2.13 bits per heavy atom. The zero-order chi connectivity index (χ0) is 11.3. The van der Waals surface area contributed by atoms with Crippen LogP contribution >= 0.6 is 38.5 Å². The van der Waals surface area contributed by atoms with Gasteiger partial charge in [-0.2, -0.15) is 8.78 Å². The van der Waals surface area contributed by atoms with Crippen LogP contribution in [0.2, 0.25) is 0 Å². The summed E-state index contributed by atoms with van der Waals surface area (Å²) in [4.78, 5) is 0. The van der Waals surface area contributed by atoms with Crippen molar-refractivity contribution in [1.29, 1.82) is 0 Å². The first-order valence-corrected chi connectivity index (χ1v) is 6.62. The largest absolute Gasteiger partial charge is 0.435 e. The van der Waals surface area contributed by atoms with Crippen LogP contribution in [0, 0.1) is 3.57 Å². The van der Waals surface area contributed by atoms with Gasteiger partial charge in [-0.15, -0.1) is 0 Å². The molecule has 84 valence electrons. The molecule has 0 fully saturated rings. The van der Waals surface area contributed by atoms with Gasteiger partial charge in [0.1, 0.15) is 5.75 Å². The lowest BCUT2D eigenvalue weighted by Gasteiger charge is -2.07. The third-order valence-corrected chi connectivity index (χ3v) is 3.39. The van der Waals surface area contributed by atoms with Gasteiger partial charge in [0.15, 0.2) is 0 Å². The maximum atomic E-state index is 11.9. The number of halogens is 4. The molecule has 0 aliphatic carbocycles. The van der Waals surface area contributed by atoms with Crippen molar-refractivity contribution in [3.8, 4) is 5.75 Å². The lowest BCUT2D eigenvalue weighted by Crippen LogP contribution is -2.02. The number of hydrogen-bond acceptors (Lipinski definition) is 1. The van der Waals surface area contributed by atoms with Crippen LogP contribution in [-0.4, -0.2) is 11.9 Å². The van der Waals surface area contributed by atoms with E-state index in [-0.39, 0.29) is 5.75 Å². The van der Waals surface area contributed by atoms with Gasteiger partial charge < -0.3 is 4.74 Å². The first-order chi connectivity index (χ1) is 7.13. The molecule has 0 N–H and O–H groups in total. The van der Waals surface area contributed by atoms with Gasteiger partial charge in [-0.05, 0) is 53.1 Å². The topological polar surface area (TPSA) is 9.23 Å². The minimum absolute atomic E-state index is 0.219. The molecule has 1 nitrogen and oxygen atoms in total. The summed E-state index contributed by atoms with van der Waals surface area (Å²) < 4.78 is 29.1. The molecule has 0 unspecified atom stereocenters. The molecule has 0 saturated carbocycles. The van der Waals surface area contributed by atoms with Crippen molar-refractivity contribution in [1.82, 2.24) is 0 Å². The second-order valence-electron chi connectivity index (χ2n) is 2.92. The molecule has 0 aliphatic rings. The van der Waals surface area contributed by atoms with Gasteiger partial charge in [0, 0.05) is 8.90 Å². The van der Waals surface area contributed by atoms with E-state index in [2.05, 4.69) is 43.3 Å². The lowest BCUT2D eigenvalue weighted by atomic mass is 10.1. The van der Waals surface area contributed by atoms with E-state index < -0.39 is 6.61 Å². The van der Waals surface area contributed by atoms with Crippen LogP contribution in [0.4, 0.5) is 8.78 Å². The maximum absolute atomic E-state index is 11.9. The average molecular weight is 391 g/mol. The van der Waals surface area contributed by atoms with Crippen LogP contribution in [0.3, 0.4) is 0 Å². The van der Waals surface area contributed by atoms with Crippen molar-refractivity contribution < 1.29 is 13.5 Å². The zero-order valence-electron chi connectivity index (χ0n) is 7.85. The molecule has 0 radical (unpaired) electrons. The van der Waals surface area contributed by atoms with E-state index in [0.29, 0.717) is 0 Å². The van der Waals surface area contributed by atoms with Crippen molar-refractivity contribution in [2.75, 3.05) is 5.33 Å². The normalized spacial score (nSPS) is 10.7. The maximum Gasteiger partial charge on any atom is 0.387 e. The molecule has 1 aromatic carbocycles. The molecular weight excluding hydrogens is 381 g/mol. The first-order valence-electron chi connectivity index (χ1n) is 4.42. The monoisotopic (exact) mass is 390 g/mol. The molecule has 5 heteroatoms. The summed E-state index contributed by atoms with van der Waals surface area (Å²) in [5, 5.41) is 0.943. The molecule has 0 spiro atoms. The number of benzene rings is 1. The average Bonchev–Trinajstić information content (AvgIpc) is 2.15. The Labute approximate surface area is 109 Å². The summed E-state index contributed by atoms with van der Waals surface area (Å²) in [5.74, 6) is 0.219. The molecule has 1 rings (SSSR count). The standard InChI is InChI=1S/C10H10BrF2IO/c11-5-1-2-7-3-4-8(6-9(7)14)15-10(12)13/h3-4,6,10H,1-2,5H2. The van der Waals surface area contributed by atoms with Crippen molar-refractivity contribution in [3.05, 3.63) is 27.3 Å². The fraction of sp³-hybridized carbons (Fsp3) is 0.400. The van der Waals surface area contributed by atoms with Gasteiger partial charge in [0.2, 0.25) is 0 Å². The highest BCUT2D eigenvalue weighted by Crippen LogP contribution is 2.22. The molecule has 0 atom stereocenters. The van der Waals surface area contributed by atoms with E-state index in [0.717, 1.165) is 27.3 Å². The van der Waals surface area contributed by atoms with Crippen LogP contribution in [0.1, 0.15) is 12.0 Å². The van der Waals surface area contributed by atoms with Gasteiger partial charge in [-0.1, -0.05) is 22.0 Å². The van der Waals surface area contributed by atoms with E-state index >= 15 is 0 Å². The third kappa shape index (κ3) is 4.63. The van der Waals surface area contributed by atoms with E-state index in [9.17, 15) is 8.78 Å². The number of alkyl halides is 3.